The molecule has 1 atom stereocenters. The van der Waals surface area contributed by atoms with Gasteiger partial charge in [-0.05, 0) is 18.8 Å². The molecular formula is C10H18N4O. The Kier molecular flexibility index (Phi) is 2.42. The number of hydrogen-bond acceptors (Lipinski definition) is 5. The van der Waals surface area contributed by atoms with Crippen LogP contribution < -0.4 is 10.6 Å². The first-order valence-electron chi connectivity index (χ1n) is 5.32. The second-order valence-electron chi connectivity index (χ2n) is 5.05. The lowest BCUT2D eigenvalue weighted by Crippen LogP contribution is -2.22. The first-order valence-corrected chi connectivity index (χ1v) is 5.32. The summed E-state index contributed by atoms with van der Waals surface area (Å²) in [6.07, 6.45) is 1.16. The second kappa shape index (κ2) is 3.48. The zero-order chi connectivity index (χ0) is 11.1. The van der Waals surface area contributed by atoms with E-state index in [1.807, 2.05) is 6.92 Å². The van der Waals surface area contributed by atoms with Crippen LogP contribution in [0.25, 0.3) is 0 Å². The van der Waals surface area contributed by atoms with Crippen LogP contribution in [0.3, 0.4) is 0 Å². The zero-order valence-corrected chi connectivity index (χ0v) is 9.53. The molecule has 1 unspecified atom stereocenters. The van der Waals surface area contributed by atoms with Gasteiger partial charge in [-0.1, -0.05) is 18.9 Å². The molecule has 0 aliphatic carbocycles. The molecule has 2 rings (SSSR count). The Morgan fingerprint density at radius 3 is 2.67 bits per heavy atom. The number of nitrogens with zero attached hydrogens (tertiary/aromatic N) is 3. The molecule has 1 saturated heterocycles. The predicted molar refractivity (Wildman–Crippen MR) is 57.5 cm³/mol. The van der Waals surface area contributed by atoms with E-state index in [4.69, 9.17) is 10.2 Å². The topological polar surface area (TPSA) is 68.2 Å². The third kappa shape index (κ3) is 2.12. The highest BCUT2D eigenvalue weighted by Crippen LogP contribution is 2.31. The maximum absolute atomic E-state index is 5.66. The van der Waals surface area contributed by atoms with Crippen LogP contribution in [0.1, 0.15) is 39.1 Å². The van der Waals surface area contributed by atoms with Crippen molar-refractivity contribution in [1.29, 1.82) is 0 Å². The SMILES string of the molecule is CC(N)c1nnc(N2CCC(C)(C)C2)o1. The maximum Gasteiger partial charge on any atom is 0.318 e. The minimum atomic E-state index is -0.193. The number of rotatable bonds is 2. The van der Waals surface area contributed by atoms with Crippen molar-refractivity contribution in [1.82, 2.24) is 10.2 Å². The molecular weight excluding hydrogens is 192 g/mol. The van der Waals surface area contributed by atoms with E-state index in [1.54, 1.807) is 0 Å². The number of nitrogens with two attached hydrogens (primary N) is 1. The fraction of sp³-hybridized carbons (Fsp3) is 0.800. The lowest BCUT2D eigenvalue weighted by atomic mass is 9.93. The molecule has 1 aliphatic rings. The Labute approximate surface area is 89.6 Å². The van der Waals surface area contributed by atoms with Crippen molar-refractivity contribution in [2.75, 3.05) is 18.0 Å². The van der Waals surface area contributed by atoms with Crippen LogP contribution in [0.5, 0.6) is 0 Å². The van der Waals surface area contributed by atoms with Crippen molar-refractivity contribution in [3.8, 4) is 0 Å². The van der Waals surface area contributed by atoms with Gasteiger partial charge in [-0.2, -0.15) is 0 Å². The molecule has 0 spiro atoms. The molecule has 1 aromatic rings. The first-order chi connectivity index (χ1) is 6.98. The normalized spacial score (nSPS) is 22.0. The van der Waals surface area contributed by atoms with Crippen molar-refractivity contribution in [3.63, 3.8) is 0 Å². The Morgan fingerprint density at radius 2 is 2.20 bits per heavy atom. The summed E-state index contributed by atoms with van der Waals surface area (Å²) in [5, 5.41) is 7.94. The van der Waals surface area contributed by atoms with Crippen molar-refractivity contribution in [3.05, 3.63) is 5.89 Å². The van der Waals surface area contributed by atoms with Crippen LogP contribution in [-0.4, -0.2) is 23.3 Å². The minimum absolute atomic E-state index is 0.193. The molecule has 1 fully saturated rings. The summed E-state index contributed by atoms with van der Waals surface area (Å²) < 4.78 is 5.50. The summed E-state index contributed by atoms with van der Waals surface area (Å²) in [5.41, 5.74) is 6.00. The Morgan fingerprint density at radius 1 is 1.47 bits per heavy atom. The van der Waals surface area contributed by atoms with E-state index in [0.717, 1.165) is 19.5 Å². The molecule has 0 aromatic carbocycles. The van der Waals surface area contributed by atoms with Crippen LogP contribution in [0.2, 0.25) is 0 Å². The molecule has 15 heavy (non-hydrogen) atoms. The fourth-order valence-corrected chi connectivity index (χ4v) is 1.81. The average molecular weight is 210 g/mol. The number of hydrogen-bond donors (Lipinski definition) is 1. The van der Waals surface area contributed by atoms with Gasteiger partial charge in [0.2, 0.25) is 5.89 Å². The highest BCUT2D eigenvalue weighted by molar-refractivity contribution is 5.27. The standard InChI is InChI=1S/C10H18N4O/c1-7(11)8-12-13-9(15-8)14-5-4-10(2,3)6-14/h7H,4-6,11H2,1-3H3. The monoisotopic (exact) mass is 210 g/mol. The fourth-order valence-electron chi connectivity index (χ4n) is 1.81. The van der Waals surface area contributed by atoms with Crippen LogP contribution in [0.4, 0.5) is 6.01 Å². The summed E-state index contributed by atoms with van der Waals surface area (Å²) >= 11 is 0. The molecule has 1 aromatic heterocycles. The van der Waals surface area contributed by atoms with Gasteiger partial charge < -0.3 is 15.1 Å². The van der Waals surface area contributed by atoms with Crippen LogP contribution in [0, 0.1) is 5.41 Å². The molecule has 5 heteroatoms. The van der Waals surface area contributed by atoms with Crippen molar-refractivity contribution in [2.45, 2.75) is 33.2 Å². The third-order valence-electron chi connectivity index (χ3n) is 2.77. The van der Waals surface area contributed by atoms with Gasteiger partial charge in [-0.15, -0.1) is 5.10 Å². The first kappa shape index (κ1) is 10.4. The van der Waals surface area contributed by atoms with E-state index in [9.17, 15) is 0 Å². The zero-order valence-electron chi connectivity index (χ0n) is 9.53. The van der Waals surface area contributed by atoms with Gasteiger partial charge in [0, 0.05) is 13.1 Å². The Hall–Kier alpha value is -1.10. The van der Waals surface area contributed by atoms with Gasteiger partial charge in [0.25, 0.3) is 0 Å². The predicted octanol–water partition coefficient (Wildman–Crippen LogP) is 1.33. The van der Waals surface area contributed by atoms with Crippen LogP contribution >= 0.6 is 0 Å². The van der Waals surface area contributed by atoms with Gasteiger partial charge in [-0.25, -0.2) is 0 Å². The molecule has 0 radical (unpaired) electrons. The lowest BCUT2D eigenvalue weighted by Gasteiger charge is -2.17. The van der Waals surface area contributed by atoms with E-state index < -0.39 is 0 Å². The summed E-state index contributed by atoms with van der Waals surface area (Å²) in [4.78, 5) is 2.12. The third-order valence-corrected chi connectivity index (χ3v) is 2.77. The highest BCUT2D eigenvalue weighted by atomic mass is 16.4. The highest BCUT2D eigenvalue weighted by Gasteiger charge is 2.32. The summed E-state index contributed by atoms with van der Waals surface area (Å²) in [5.74, 6) is 0.509. The van der Waals surface area contributed by atoms with E-state index in [1.165, 1.54) is 0 Å². The van der Waals surface area contributed by atoms with Gasteiger partial charge in [0.05, 0.1) is 6.04 Å². The second-order valence-corrected chi connectivity index (χ2v) is 5.05. The summed E-state index contributed by atoms with van der Waals surface area (Å²) in [6.45, 7) is 8.28. The Balaban J connectivity index is 2.11. The summed E-state index contributed by atoms with van der Waals surface area (Å²) in [7, 11) is 0. The van der Waals surface area contributed by atoms with Crippen molar-refractivity contribution < 1.29 is 4.42 Å². The number of anilines is 1. The molecule has 2 N–H and O–H groups in total. The van der Waals surface area contributed by atoms with Crippen molar-refractivity contribution >= 4 is 6.01 Å². The van der Waals surface area contributed by atoms with Gasteiger partial charge in [0.15, 0.2) is 0 Å². The molecule has 2 heterocycles. The average Bonchev–Trinajstić information content (AvgIpc) is 2.70. The summed E-state index contributed by atoms with van der Waals surface area (Å²) in [6, 6.07) is 0.412. The van der Waals surface area contributed by atoms with E-state index in [0.29, 0.717) is 17.3 Å². The molecule has 84 valence electrons. The van der Waals surface area contributed by atoms with Gasteiger partial charge >= 0.3 is 6.01 Å². The van der Waals surface area contributed by atoms with E-state index in [-0.39, 0.29) is 6.04 Å². The molecule has 1 aliphatic heterocycles. The van der Waals surface area contributed by atoms with Crippen LogP contribution in [0.15, 0.2) is 4.42 Å². The molecule has 0 bridgehead atoms. The van der Waals surface area contributed by atoms with Crippen LogP contribution in [-0.2, 0) is 0 Å². The quantitative estimate of drug-likeness (QED) is 0.797. The molecule has 0 saturated carbocycles. The van der Waals surface area contributed by atoms with Gasteiger partial charge in [0.1, 0.15) is 0 Å². The molecule has 0 amide bonds. The van der Waals surface area contributed by atoms with E-state index in [2.05, 4.69) is 28.9 Å². The minimum Gasteiger partial charge on any atom is -0.406 e. The number of aromatic nitrogens is 2. The lowest BCUT2D eigenvalue weighted by molar-refractivity contribution is 0.411. The van der Waals surface area contributed by atoms with Crippen molar-refractivity contribution in [2.24, 2.45) is 11.1 Å². The van der Waals surface area contributed by atoms with Gasteiger partial charge in [-0.3, -0.25) is 0 Å². The Bertz CT molecular complexity index is 345. The smallest absolute Gasteiger partial charge is 0.318 e. The maximum atomic E-state index is 5.66. The largest absolute Gasteiger partial charge is 0.406 e. The molecule has 5 nitrogen and oxygen atoms in total. The van der Waals surface area contributed by atoms with E-state index >= 15 is 0 Å².